The van der Waals surface area contributed by atoms with E-state index in [1.54, 1.807) is 18.2 Å². The van der Waals surface area contributed by atoms with Gasteiger partial charge in [-0.25, -0.2) is 18.4 Å². The highest BCUT2D eigenvalue weighted by Crippen LogP contribution is 2.22. The van der Waals surface area contributed by atoms with Crippen LogP contribution in [0, 0.1) is 11.3 Å². The number of hydrogen-bond donors (Lipinski definition) is 2. The average molecular weight is 389 g/mol. The number of carbonyl (C=O) groups excluding carboxylic acids is 2. The van der Waals surface area contributed by atoms with E-state index in [0.29, 0.717) is 11.3 Å². The number of rotatable bonds is 6. The minimum atomic E-state index is -4.03. The highest BCUT2D eigenvalue weighted by molar-refractivity contribution is 7.89. The van der Waals surface area contributed by atoms with Gasteiger partial charge in [-0.05, 0) is 36.4 Å². The van der Waals surface area contributed by atoms with Crippen molar-refractivity contribution in [3.8, 4) is 11.8 Å². The zero-order valence-electron chi connectivity index (χ0n) is 14.1. The number of methoxy groups -OCH3 is 1. The highest BCUT2D eigenvalue weighted by Gasteiger charge is 2.19. The van der Waals surface area contributed by atoms with Gasteiger partial charge in [0, 0.05) is 5.69 Å². The summed E-state index contributed by atoms with van der Waals surface area (Å²) in [6.45, 7) is -0.627. The molecule has 0 atom stereocenters. The van der Waals surface area contributed by atoms with E-state index in [-0.39, 0.29) is 16.2 Å². The molecule has 0 aliphatic carbocycles. The Hall–Kier alpha value is -3.42. The van der Waals surface area contributed by atoms with E-state index in [1.165, 1.54) is 25.3 Å². The molecule has 1 amide bonds. The van der Waals surface area contributed by atoms with Crippen molar-refractivity contribution in [2.45, 2.75) is 4.90 Å². The van der Waals surface area contributed by atoms with Crippen molar-refractivity contribution in [1.82, 2.24) is 0 Å². The topological polar surface area (TPSA) is 149 Å². The average Bonchev–Trinajstić information content (AvgIpc) is 2.65. The fourth-order valence-corrected chi connectivity index (χ4v) is 2.64. The molecule has 0 aliphatic heterocycles. The van der Waals surface area contributed by atoms with Gasteiger partial charge in [-0.2, -0.15) is 5.26 Å². The highest BCUT2D eigenvalue weighted by atomic mass is 32.2. The van der Waals surface area contributed by atoms with Gasteiger partial charge >= 0.3 is 5.97 Å². The number of ether oxygens (including phenoxy) is 2. The summed E-state index contributed by atoms with van der Waals surface area (Å²) in [6, 6.07) is 11.6. The number of carbonyl (C=O) groups is 2. The molecule has 27 heavy (non-hydrogen) atoms. The molecule has 10 heteroatoms. The summed E-state index contributed by atoms with van der Waals surface area (Å²) < 4.78 is 32.7. The van der Waals surface area contributed by atoms with E-state index in [0.717, 1.165) is 6.07 Å². The molecule has 3 N–H and O–H groups in total. The van der Waals surface area contributed by atoms with Crippen LogP contribution in [-0.2, 0) is 19.6 Å². The number of nitrogens with zero attached hydrogens (tertiary/aromatic N) is 1. The van der Waals surface area contributed by atoms with Crippen molar-refractivity contribution in [3.05, 3.63) is 53.6 Å². The number of esters is 1. The molecule has 0 heterocycles. The van der Waals surface area contributed by atoms with E-state index in [9.17, 15) is 18.0 Å². The van der Waals surface area contributed by atoms with E-state index >= 15 is 0 Å². The first-order valence-corrected chi connectivity index (χ1v) is 8.97. The Morgan fingerprint density at radius 3 is 2.59 bits per heavy atom. The number of amides is 1. The Morgan fingerprint density at radius 2 is 1.96 bits per heavy atom. The minimum absolute atomic E-state index is 0.0644. The molecule has 0 saturated carbocycles. The second kappa shape index (κ2) is 8.31. The quantitative estimate of drug-likeness (QED) is 0.700. The van der Waals surface area contributed by atoms with Gasteiger partial charge in [0.2, 0.25) is 10.0 Å². The lowest BCUT2D eigenvalue weighted by atomic mass is 10.2. The molecule has 0 fully saturated rings. The Kier molecular flexibility index (Phi) is 6.12. The van der Waals surface area contributed by atoms with Gasteiger partial charge in [0.25, 0.3) is 5.91 Å². The normalized spacial score (nSPS) is 10.6. The second-order valence-electron chi connectivity index (χ2n) is 5.22. The second-order valence-corrected chi connectivity index (χ2v) is 6.79. The smallest absolute Gasteiger partial charge is 0.342 e. The Labute approximate surface area is 155 Å². The minimum Gasteiger partial charge on any atom is -0.496 e. The first kappa shape index (κ1) is 19.9. The number of hydrogen-bond acceptors (Lipinski definition) is 7. The number of nitrogens with one attached hydrogen (secondary N) is 1. The van der Waals surface area contributed by atoms with E-state index in [2.05, 4.69) is 5.32 Å². The summed E-state index contributed by atoms with van der Waals surface area (Å²) in [7, 11) is -2.74. The lowest BCUT2D eigenvalue weighted by Gasteiger charge is -2.10. The summed E-state index contributed by atoms with van der Waals surface area (Å²) in [4.78, 5) is 23.8. The van der Waals surface area contributed by atoms with Crippen molar-refractivity contribution < 1.29 is 27.5 Å². The first-order valence-electron chi connectivity index (χ1n) is 7.42. The molecule has 2 aromatic carbocycles. The fourth-order valence-electron chi connectivity index (χ4n) is 2.10. The third kappa shape index (κ3) is 5.27. The summed E-state index contributed by atoms with van der Waals surface area (Å²) in [5, 5.41) is 16.3. The maximum Gasteiger partial charge on any atom is 0.342 e. The fraction of sp³-hybridized carbons (Fsp3) is 0.118. The van der Waals surface area contributed by atoms with Crippen LogP contribution in [0.25, 0.3) is 0 Å². The van der Waals surface area contributed by atoms with Crippen LogP contribution in [0.1, 0.15) is 15.9 Å². The van der Waals surface area contributed by atoms with Crippen LogP contribution in [0.2, 0.25) is 0 Å². The third-order valence-electron chi connectivity index (χ3n) is 3.33. The van der Waals surface area contributed by atoms with Gasteiger partial charge in [-0.3, -0.25) is 4.79 Å². The lowest BCUT2D eigenvalue weighted by molar-refractivity contribution is -0.119. The van der Waals surface area contributed by atoms with Crippen LogP contribution in [0.5, 0.6) is 5.75 Å². The SMILES string of the molecule is COc1ccc(S(N)(=O)=O)cc1C(=O)OCC(=O)Nc1cccc(C#N)c1. The molecule has 0 aliphatic rings. The molecule has 0 spiro atoms. The molecular formula is C17H15N3O6S. The molecule has 0 radical (unpaired) electrons. The Bertz CT molecular complexity index is 1030. The van der Waals surface area contributed by atoms with Crippen LogP contribution in [0.3, 0.4) is 0 Å². The van der Waals surface area contributed by atoms with E-state index in [4.69, 9.17) is 19.9 Å². The maximum absolute atomic E-state index is 12.2. The molecular weight excluding hydrogens is 374 g/mol. The van der Waals surface area contributed by atoms with Gasteiger partial charge in [0.05, 0.1) is 23.6 Å². The van der Waals surface area contributed by atoms with Crippen LogP contribution < -0.4 is 15.2 Å². The summed E-state index contributed by atoms with van der Waals surface area (Å²) in [5.41, 5.74) is 0.529. The number of sulfonamides is 1. The van der Waals surface area contributed by atoms with Gasteiger partial charge in [0.15, 0.2) is 6.61 Å². The maximum atomic E-state index is 12.2. The molecule has 2 rings (SSSR count). The largest absolute Gasteiger partial charge is 0.496 e. The zero-order chi connectivity index (χ0) is 20.0. The van der Waals surface area contributed by atoms with Crippen molar-refractivity contribution in [1.29, 1.82) is 5.26 Å². The van der Waals surface area contributed by atoms with Crippen molar-refractivity contribution >= 4 is 27.6 Å². The molecule has 140 valence electrons. The van der Waals surface area contributed by atoms with Crippen LogP contribution in [0.4, 0.5) is 5.69 Å². The standard InChI is InChI=1S/C17H15N3O6S/c1-25-15-6-5-13(27(19,23)24)8-14(15)17(22)26-10-16(21)20-12-4-2-3-11(7-12)9-18/h2-8H,10H2,1H3,(H,20,21)(H2,19,23,24). The summed E-state index contributed by atoms with van der Waals surface area (Å²) in [6.07, 6.45) is 0. The van der Waals surface area contributed by atoms with Gasteiger partial charge < -0.3 is 14.8 Å². The van der Waals surface area contributed by atoms with Crippen LogP contribution >= 0.6 is 0 Å². The molecule has 9 nitrogen and oxygen atoms in total. The molecule has 0 bridgehead atoms. The number of primary sulfonamides is 1. The summed E-state index contributed by atoms with van der Waals surface area (Å²) >= 11 is 0. The molecule has 2 aromatic rings. The van der Waals surface area contributed by atoms with Crippen molar-refractivity contribution in [2.75, 3.05) is 19.0 Å². The third-order valence-corrected chi connectivity index (χ3v) is 4.24. The van der Waals surface area contributed by atoms with Crippen LogP contribution in [0.15, 0.2) is 47.4 Å². The molecule has 0 unspecified atom stereocenters. The van der Waals surface area contributed by atoms with E-state index in [1.807, 2.05) is 6.07 Å². The van der Waals surface area contributed by atoms with Crippen LogP contribution in [-0.4, -0.2) is 34.0 Å². The number of nitriles is 1. The number of nitrogens with two attached hydrogens (primary N) is 1. The van der Waals surface area contributed by atoms with Crippen molar-refractivity contribution in [2.24, 2.45) is 5.14 Å². The predicted octanol–water partition coefficient (Wildman–Crippen LogP) is 1.01. The van der Waals surface area contributed by atoms with E-state index < -0.39 is 28.5 Å². The summed E-state index contributed by atoms with van der Waals surface area (Å²) in [5.74, 6) is -1.53. The molecule has 0 aromatic heterocycles. The monoisotopic (exact) mass is 389 g/mol. The van der Waals surface area contributed by atoms with Gasteiger partial charge in [-0.1, -0.05) is 6.07 Å². The van der Waals surface area contributed by atoms with Crippen molar-refractivity contribution in [3.63, 3.8) is 0 Å². The lowest BCUT2D eigenvalue weighted by Crippen LogP contribution is -2.21. The molecule has 0 saturated heterocycles. The Morgan fingerprint density at radius 1 is 1.22 bits per heavy atom. The number of anilines is 1. The predicted molar refractivity (Wildman–Crippen MR) is 94.4 cm³/mol. The number of benzene rings is 2. The van der Waals surface area contributed by atoms with Gasteiger partial charge in [-0.15, -0.1) is 0 Å². The van der Waals surface area contributed by atoms with Gasteiger partial charge in [0.1, 0.15) is 11.3 Å². The Balaban J connectivity index is 2.08. The zero-order valence-corrected chi connectivity index (χ0v) is 14.9. The first-order chi connectivity index (χ1) is 12.7.